The third kappa shape index (κ3) is 2.47. The number of hydrogen-bond donors (Lipinski definition) is 0. The highest BCUT2D eigenvalue weighted by Gasteiger charge is 2.67. The molecule has 3 aliphatic carbocycles. The quantitative estimate of drug-likeness (QED) is 0.667. The van der Waals surface area contributed by atoms with Gasteiger partial charge < -0.3 is 19.5 Å². The van der Waals surface area contributed by atoms with E-state index in [1.54, 1.807) is 0 Å². The molecule has 160 valence electrons. The van der Waals surface area contributed by atoms with Gasteiger partial charge in [-0.15, -0.1) is 6.10 Å². The maximum atomic E-state index is 12.8. The molecule has 5 aliphatic rings. The van der Waals surface area contributed by atoms with Gasteiger partial charge in [0.05, 0.1) is 11.2 Å². The molecule has 5 rings (SSSR count). The van der Waals surface area contributed by atoms with Gasteiger partial charge in [-0.05, 0) is 63.1 Å². The van der Waals surface area contributed by atoms with Crippen LogP contribution in [0.5, 0.6) is 0 Å². The van der Waals surface area contributed by atoms with Crippen molar-refractivity contribution in [1.82, 2.24) is 4.90 Å². The number of carbonyl (C=O) groups is 1. The molecule has 1 saturated heterocycles. The number of nitrogens with zero attached hydrogens (tertiary/aromatic N) is 1. The monoisotopic (exact) mass is 400 g/mol. The van der Waals surface area contributed by atoms with Gasteiger partial charge in [-0.25, -0.2) is 0 Å². The summed E-state index contributed by atoms with van der Waals surface area (Å²) < 4.78 is 13.1. The lowest BCUT2D eigenvalue weighted by Gasteiger charge is -2.57. The molecule has 0 aromatic rings. The molecule has 2 heterocycles. The summed E-state index contributed by atoms with van der Waals surface area (Å²) in [5.41, 5.74) is 1.48. The van der Waals surface area contributed by atoms with E-state index >= 15 is 0 Å². The second-order valence-corrected chi connectivity index (χ2v) is 10.7. The van der Waals surface area contributed by atoms with Gasteiger partial charge in [-0.2, -0.15) is 0 Å². The van der Waals surface area contributed by atoms with Crippen molar-refractivity contribution in [3.63, 3.8) is 0 Å². The number of ether oxygens (including phenoxy) is 2. The van der Waals surface area contributed by atoms with Gasteiger partial charge in [0.15, 0.2) is 0 Å². The zero-order valence-electron chi connectivity index (χ0n) is 18.4. The summed E-state index contributed by atoms with van der Waals surface area (Å²) in [4.78, 5) is 14.2. The van der Waals surface area contributed by atoms with Crippen LogP contribution in [-0.2, 0) is 14.3 Å². The first kappa shape index (κ1) is 19.8. The number of rotatable bonds is 2. The second-order valence-electron chi connectivity index (χ2n) is 10.7. The van der Waals surface area contributed by atoms with Crippen molar-refractivity contribution in [3.05, 3.63) is 23.3 Å². The summed E-state index contributed by atoms with van der Waals surface area (Å²) >= 11 is 0. The molecule has 0 aromatic carbocycles. The molecule has 0 amide bonds. The molecule has 0 N–H and O–H groups in total. The lowest BCUT2D eigenvalue weighted by atomic mass is 9.60. The van der Waals surface area contributed by atoms with Gasteiger partial charge in [0.1, 0.15) is 6.10 Å². The van der Waals surface area contributed by atoms with E-state index in [4.69, 9.17) is 9.47 Å². The molecule has 0 unspecified atom stereocenters. The lowest BCUT2D eigenvalue weighted by Crippen LogP contribution is -2.60. The van der Waals surface area contributed by atoms with Gasteiger partial charge in [0.2, 0.25) is 0 Å². The normalized spacial score (nSPS) is 50.4. The van der Waals surface area contributed by atoms with Crippen LogP contribution in [0.1, 0.15) is 59.3 Å². The van der Waals surface area contributed by atoms with Crippen molar-refractivity contribution in [2.45, 2.75) is 88.7 Å². The Bertz CT molecular complexity index is 803. The Balaban J connectivity index is 1.63. The first-order valence-electron chi connectivity index (χ1n) is 11.3. The molecule has 8 atom stereocenters. The standard InChI is InChI=1S/C24H34NO4/c1-14-18(25(4)5)13-23-10-11-24(29-23)16(12-17(23)21(14)28-15(2)26)8-9-22(3)19(24)6-7-20(22)27/h8,12,14,18-21H,6-7,9-11,13H2,1-5H3/q-1/t14-,18+,19-,20+,21+,22+,23-,24-/m1/s1. The van der Waals surface area contributed by atoms with Crippen LogP contribution in [0.4, 0.5) is 0 Å². The number of carbonyl (C=O) groups excluding carboxylic acids is 1. The molecular weight excluding hydrogens is 366 g/mol. The van der Waals surface area contributed by atoms with Gasteiger partial charge in [0, 0.05) is 24.5 Å². The Hall–Kier alpha value is -1.17. The topological polar surface area (TPSA) is 61.8 Å². The number of allylic oxidation sites excluding steroid dienone is 1. The minimum atomic E-state index is -0.500. The molecule has 0 aromatic heterocycles. The Morgan fingerprint density at radius 2 is 2.07 bits per heavy atom. The van der Waals surface area contributed by atoms with Crippen LogP contribution in [0, 0.1) is 17.3 Å². The first-order chi connectivity index (χ1) is 13.6. The van der Waals surface area contributed by atoms with Crippen LogP contribution < -0.4 is 5.11 Å². The first-order valence-corrected chi connectivity index (χ1v) is 11.3. The predicted molar refractivity (Wildman–Crippen MR) is 108 cm³/mol. The summed E-state index contributed by atoms with van der Waals surface area (Å²) in [5, 5.41) is 12.8. The van der Waals surface area contributed by atoms with Crippen LogP contribution in [0.15, 0.2) is 23.3 Å². The van der Waals surface area contributed by atoms with E-state index in [1.165, 1.54) is 12.5 Å². The smallest absolute Gasteiger partial charge is 0.303 e. The van der Waals surface area contributed by atoms with Gasteiger partial charge >= 0.3 is 5.97 Å². The summed E-state index contributed by atoms with van der Waals surface area (Å²) in [6, 6.07) is 0.281. The molecule has 5 nitrogen and oxygen atoms in total. The summed E-state index contributed by atoms with van der Waals surface area (Å²) in [6.07, 6.45) is 9.20. The van der Waals surface area contributed by atoms with Crippen molar-refractivity contribution >= 4 is 5.97 Å². The van der Waals surface area contributed by atoms with Crippen molar-refractivity contribution in [1.29, 1.82) is 0 Å². The Kier molecular flexibility index (Phi) is 4.21. The summed E-state index contributed by atoms with van der Waals surface area (Å²) in [7, 11) is 4.21. The maximum Gasteiger partial charge on any atom is 0.303 e. The van der Waals surface area contributed by atoms with Crippen molar-refractivity contribution in [2.75, 3.05) is 14.1 Å². The predicted octanol–water partition coefficient (Wildman–Crippen LogP) is 2.59. The number of esters is 1. The van der Waals surface area contributed by atoms with Crippen molar-refractivity contribution in [2.24, 2.45) is 17.3 Å². The number of fused-ring (bicyclic) bond motifs is 1. The third-order valence-corrected chi connectivity index (χ3v) is 9.06. The fraction of sp³-hybridized carbons (Fsp3) is 0.792. The fourth-order valence-corrected chi connectivity index (χ4v) is 7.53. The van der Waals surface area contributed by atoms with E-state index in [-0.39, 0.29) is 40.7 Å². The van der Waals surface area contributed by atoms with E-state index in [2.05, 4.69) is 45.0 Å². The summed E-state index contributed by atoms with van der Waals surface area (Å²) in [6.45, 7) is 5.87. The second kappa shape index (κ2) is 6.18. The minimum Gasteiger partial charge on any atom is -0.852 e. The van der Waals surface area contributed by atoms with Crippen LogP contribution in [0.3, 0.4) is 0 Å². The Labute approximate surface area is 174 Å². The van der Waals surface area contributed by atoms with Crippen molar-refractivity contribution < 1.29 is 19.4 Å². The minimum absolute atomic E-state index is 0.203. The molecule has 5 heteroatoms. The van der Waals surface area contributed by atoms with E-state index in [0.717, 1.165) is 44.1 Å². The Morgan fingerprint density at radius 3 is 2.76 bits per heavy atom. The van der Waals surface area contributed by atoms with Crippen molar-refractivity contribution in [3.8, 4) is 0 Å². The Morgan fingerprint density at radius 1 is 1.31 bits per heavy atom. The highest BCUT2D eigenvalue weighted by Crippen LogP contribution is 2.66. The fourth-order valence-electron chi connectivity index (χ4n) is 7.53. The van der Waals surface area contributed by atoms with Gasteiger partial charge in [-0.1, -0.05) is 32.4 Å². The van der Waals surface area contributed by atoms with Crippen LogP contribution in [0.25, 0.3) is 0 Å². The van der Waals surface area contributed by atoms with E-state index < -0.39 is 6.10 Å². The van der Waals surface area contributed by atoms with Gasteiger partial charge in [-0.3, -0.25) is 4.79 Å². The zero-order valence-corrected chi connectivity index (χ0v) is 18.4. The van der Waals surface area contributed by atoms with Crippen LogP contribution in [-0.4, -0.2) is 54.4 Å². The molecular formula is C24H34NO4-. The largest absolute Gasteiger partial charge is 0.852 e. The molecule has 2 saturated carbocycles. The maximum absolute atomic E-state index is 12.8. The molecule has 2 aliphatic heterocycles. The third-order valence-electron chi connectivity index (χ3n) is 9.06. The summed E-state index contributed by atoms with van der Waals surface area (Å²) in [5.74, 6) is 0.260. The molecule has 2 spiro atoms. The average Bonchev–Trinajstić information content (AvgIpc) is 3.13. The zero-order chi connectivity index (χ0) is 20.8. The molecule has 29 heavy (non-hydrogen) atoms. The lowest BCUT2D eigenvalue weighted by molar-refractivity contribution is -0.444. The van der Waals surface area contributed by atoms with E-state index in [1.807, 2.05) is 0 Å². The van der Waals surface area contributed by atoms with Gasteiger partial charge in [0.25, 0.3) is 0 Å². The molecule has 2 bridgehead atoms. The average molecular weight is 401 g/mol. The van der Waals surface area contributed by atoms with E-state index in [0.29, 0.717) is 5.92 Å². The molecule has 3 fully saturated rings. The van der Waals surface area contributed by atoms with Crippen LogP contribution in [0.2, 0.25) is 0 Å². The number of hydrogen-bond acceptors (Lipinski definition) is 5. The highest BCUT2D eigenvalue weighted by atomic mass is 16.6. The SMILES string of the molecule is CC(=O)O[C@@H]1C2=CC3=CC[C@@]4(C)[C@@H](CC[C@@H]4[O-])[C@@]34CC[C@]2(C[C@H](N(C)C)[C@H]1C)O4. The highest BCUT2D eigenvalue weighted by molar-refractivity contribution is 5.67. The molecule has 0 radical (unpaired) electrons. The van der Waals surface area contributed by atoms with E-state index in [9.17, 15) is 9.90 Å². The van der Waals surface area contributed by atoms with Crippen LogP contribution >= 0.6 is 0 Å².